The van der Waals surface area contributed by atoms with Crippen molar-refractivity contribution in [2.75, 3.05) is 6.54 Å². The van der Waals surface area contributed by atoms with Gasteiger partial charge in [-0.1, -0.05) is 30.3 Å². The van der Waals surface area contributed by atoms with Gasteiger partial charge in [-0.05, 0) is 18.9 Å². The standard InChI is InChI=1S/C12H18N2O2.ClH/c1-10(13)7-8-14(12(15)16)9-11-5-3-2-4-6-11;/h2-6,10H,7-9,13H2,1H3,(H,15,16);1H/t10-;/m1./s1. The molecule has 3 N–H and O–H groups in total. The van der Waals surface area contributed by atoms with Gasteiger partial charge >= 0.3 is 6.09 Å². The molecule has 1 aromatic carbocycles. The van der Waals surface area contributed by atoms with Crippen LogP contribution >= 0.6 is 12.4 Å². The van der Waals surface area contributed by atoms with Gasteiger partial charge in [-0.15, -0.1) is 12.4 Å². The Balaban J connectivity index is 0.00000256. The molecule has 0 aliphatic carbocycles. The van der Waals surface area contributed by atoms with Crippen molar-refractivity contribution in [1.29, 1.82) is 0 Å². The van der Waals surface area contributed by atoms with E-state index in [2.05, 4.69) is 0 Å². The van der Waals surface area contributed by atoms with E-state index in [1.54, 1.807) is 0 Å². The minimum Gasteiger partial charge on any atom is -0.465 e. The van der Waals surface area contributed by atoms with E-state index in [0.717, 1.165) is 5.56 Å². The highest BCUT2D eigenvalue weighted by molar-refractivity contribution is 5.85. The van der Waals surface area contributed by atoms with Crippen molar-refractivity contribution in [3.8, 4) is 0 Å². The number of nitrogens with zero attached hydrogens (tertiary/aromatic N) is 1. The molecule has 1 aromatic rings. The third-order valence-corrected chi connectivity index (χ3v) is 2.34. The van der Waals surface area contributed by atoms with Crippen molar-refractivity contribution in [1.82, 2.24) is 4.90 Å². The fourth-order valence-corrected chi connectivity index (χ4v) is 1.41. The molecule has 4 nitrogen and oxygen atoms in total. The molecule has 0 spiro atoms. The SMILES string of the molecule is C[C@@H](N)CCN(Cc1ccccc1)C(=O)O.Cl. The highest BCUT2D eigenvalue weighted by Gasteiger charge is 2.12. The van der Waals surface area contributed by atoms with Crippen LogP contribution in [0, 0.1) is 0 Å². The number of amides is 1. The van der Waals surface area contributed by atoms with Crippen molar-refractivity contribution in [2.45, 2.75) is 25.9 Å². The van der Waals surface area contributed by atoms with Crippen molar-refractivity contribution in [3.05, 3.63) is 35.9 Å². The Morgan fingerprint density at radius 2 is 2.00 bits per heavy atom. The summed E-state index contributed by atoms with van der Waals surface area (Å²) in [6.45, 7) is 2.77. The number of hydrogen-bond donors (Lipinski definition) is 2. The van der Waals surface area contributed by atoms with Crippen LogP contribution in [0.3, 0.4) is 0 Å². The van der Waals surface area contributed by atoms with Crippen LogP contribution in [0.2, 0.25) is 0 Å². The first kappa shape index (κ1) is 15.7. The lowest BCUT2D eigenvalue weighted by molar-refractivity contribution is 0.141. The monoisotopic (exact) mass is 258 g/mol. The van der Waals surface area contributed by atoms with E-state index in [1.807, 2.05) is 37.3 Å². The van der Waals surface area contributed by atoms with Crippen molar-refractivity contribution in [3.63, 3.8) is 0 Å². The number of carboxylic acid groups (broad SMARTS) is 1. The lowest BCUT2D eigenvalue weighted by Crippen LogP contribution is -2.33. The maximum Gasteiger partial charge on any atom is 0.407 e. The first-order chi connectivity index (χ1) is 7.59. The van der Waals surface area contributed by atoms with Crippen LogP contribution in [-0.4, -0.2) is 28.7 Å². The summed E-state index contributed by atoms with van der Waals surface area (Å²) in [6, 6.07) is 9.58. The topological polar surface area (TPSA) is 66.6 Å². The summed E-state index contributed by atoms with van der Waals surface area (Å²) in [5, 5.41) is 9.03. The minimum absolute atomic E-state index is 0. The van der Waals surface area contributed by atoms with E-state index in [1.165, 1.54) is 4.90 Å². The summed E-state index contributed by atoms with van der Waals surface area (Å²) in [6.07, 6.45) is -0.219. The lowest BCUT2D eigenvalue weighted by Gasteiger charge is -2.20. The van der Waals surface area contributed by atoms with Crippen LogP contribution in [0.25, 0.3) is 0 Å². The summed E-state index contributed by atoms with van der Waals surface area (Å²) in [4.78, 5) is 12.4. The smallest absolute Gasteiger partial charge is 0.407 e. The predicted molar refractivity (Wildman–Crippen MR) is 70.4 cm³/mol. The normalized spacial score (nSPS) is 11.4. The molecule has 17 heavy (non-hydrogen) atoms. The van der Waals surface area contributed by atoms with Gasteiger partial charge in [0, 0.05) is 19.1 Å². The molecule has 0 aromatic heterocycles. The highest BCUT2D eigenvalue weighted by Crippen LogP contribution is 2.05. The van der Waals surface area contributed by atoms with Gasteiger partial charge in [0.05, 0.1) is 0 Å². The number of nitrogens with two attached hydrogens (primary N) is 1. The van der Waals surface area contributed by atoms with Crippen LogP contribution in [0.5, 0.6) is 0 Å². The molecule has 1 rings (SSSR count). The van der Waals surface area contributed by atoms with Crippen LogP contribution in [0.15, 0.2) is 30.3 Å². The van der Waals surface area contributed by atoms with Gasteiger partial charge in [-0.2, -0.15) is 0 Å². The molecule has 1 amide bonds. The summed E-state index contributed by atoms with van der Waals surface area (Å²) < 4.78 is 0. The molecular weight excluding hydrogens is 240 g/mol. The van der Waals surface area contributed by atoms with Gasteiger partial charge in [0.25, 0.3) is 0 Å². The number of halogens is 1. The zero-order chi connectivity index (χ0) is 12.0. The zero-order valence-corrected chi connectivity index (χ0v) is 10.7. The van der Waals surface area contributed by atoms with E-state index < -0.39 is 6.09 Å². The summed E-state index contributed by atoms with van der Waals surface area (Å²) >= 11 is 0. The quantitative estimate of drug-likeness (QED) is 0.852. The average molecular weight is 259 g/mol. The van der Waals surface area contributed by atoms with E-state index in [4.69, 9.17) is 10.8 Å². The second-order valence-electron chi connectivity index (χ2n) is 3.96. The average Bonchev–Trinajstić information content (AvgIpc) is 2.25. The maximum atomic E-state index is 11.0. The Hall–Kier alpha value is -1.26. The largest absolute Gasteiger partial charge is 0.465 e. The Bertz CT molecular complexity index is 331. The van der Waals surface area contributed by atoms with Crippen molar-refractivity contribution in [2.24, 2.45) is 5.73 Å². The molecular formula is C12H19ClN2O2. The van der Waals surface area contributed by atoms with Gasteiger partial charge < -0.3 is 15.7 Å². The van der Waals surface area contributed by atoms with Gasteiger partial charge in [-0.25, -0.2) is 4.79 Å². The first-order valence-corrected chi connectivity index (χ1v) is 5.37. The summed E-state index contributed by atoms with van der Waals surface area (Å²) in [5.74, 6) is 0. The van der Waals surface area contributed by atoms with E-state index >= 15 is 0 Å². The third-order valence-electron chi connectivity index (χ3n) is 2.34. The zero-order valence-electron chi connectivity index (χ0n) is 9.87. The number of carbonyl (C=O) groups is 1. The lowest BCUT2D eigenvalue weighted by atomic mass is 10.2. The Labute approximate surface area is 108 Å². The summed E-state index contributed by atoms with van der Waals surface area (Å²) in [7, 11) is 0. The molecule has 96 valence electrons. The summed E-state index contributed by atoms with van der Waals surface area (Å²) in [5.41, 5.74) is 6.61. The second-order valence-corrected chi connectivity index (χ2v) is 3.96. The Morgan fingerprint density at radius 1 is 1.41 bits per heavy atom. The molecule has 0 unspecified atom stereocenters. The Morgan fingerprint density at radius 3 is 2.47 bits per heavy atom. The number of rotatable bonds is 5. The molecule has 0 heterocycles. The second kappa shape index (κ2) is 7.92. The highest BCUT2D eigenvalue weighted by atomic mass is 35.5. The van der Waals surface area contributed by atoms with Gasteiger partial charge in [0.1, 0.15) is 0 Å². The van der Waals surface area contributed by atoms with Crippen LogP contribution < -0.4 is 5.73 Å². The van der Waals surface area contributed by atoms with Crippen molar-refractivity contribution >= 4 is 18.5 Å². The van der Waals surface area contributed by atoms with Crippen molar-refractivity contribution < 1.29 is 9.90 Å². The molecule has 0 saturated heterocycles. The fourth-order valence-electron chi connectivity index (χ4n) is 1.41. The molecule has 0 aliphatic rings. The van der Waals surface area contributed by atoms with Gasteiger partial charge in [0.15, 0.2) is 0 Å². The molecule has 0 saturated carbocycles. The first-order valence-electron chi connectivity index (χ1n) is 5.37. The molecule has 0 bridgehead atoms. The van der Waals surface area contributed by atoms with E-state index in [0.29, 0.717) is 19.5 Å². The fraction of sp³-hybridized carbons (Fsp3) is 0.417. The molecule has 5 heteroatoms. The Kier molecular flexibility index (Phi) is 7.34. The van der Waals surface area contributed by atoms with Crippen LogP contribution in [0.4, 0.5) is 4.79 Å². The van der Waals surface area contributed by atoms with E-state index in [-0.39, 0.29) is 18.4 Å². The number of hydrogen-bond acceptors (Lipinski definition) is 2. The molecule has 0 fully saturated rings. The van der Waals surface area contributed by atoms with Crippen LogP contribution in [0.1, 0.15) is 18.9 Å². The predicted octanol–water partition coefficient (Wildman–Crippen LogP) is 2.33. The van der Waals surface area contributed by atoms with Gasteiger partial charge in [-0.3, -0.25) is 0 Å². The molecule has 0 aliphatic heterocycles. The van der Waals surface area contributed by atoms with Crippen LogP contribution in [-0.2, 0) is 6.54 Å². The minimum atomic E-state index is -0.899. The van der Waals surface area contributed by atoms with E-state index in [9.17, 15) is 4.79 Å². The maximum absolute atomic E-state index is 11.0. The third kappa shape index (κ3) is 6.14. The molecule has 0 radical (unpaired) electrons. The molecule has 1 atom stereocenters. The number of benzene rings is 1. The van der Waals surface area contributed by atoms with Gasteiger partial charge in [0.2, 0.25) is 0 Å².